The van der Waals surface area contributed by atoms with Crippen molar-refractivity contribution in [3.05, 3.63) is 57.4 Å². The van der Waals surface area contributed by atoms with E-state index in [0.29, 0.717) is 5.15 Å². The smallest absolute Gasteiger partial charge is 0.222 e. The van der Waals surface area contributed by atoms with Crippen molar-refractivity contribution in [1.82, 2.24) is 15.0 Å². The highest BCUT2D eigenvalue weighted by atomic mass is 35.5. The van der Waals surface area contributed by atoms with Gasteiger partial charge in [-0.3, -0.25) is 0 Å². The number of halogens is 2. The molecule has 2 aromatic rings. The van der Waals surface area contributed by atoms with Gasteiger partial charge in [-0.25, -0.2) is 15.0 Å². The van der Waals surface area contributed by atoms with E-state index in [4.69, 9.17) is 23.2 Å². The van der Waals surface area contributed by atoms with Gasteiger partial charge in [0.25, 0.3) is 0 Å². The largest absolute Gasteiger partial charge is 0.244 e. The second-order valence-corrected chi connectivity index (χ2v) is 4.82. The predicted octanol–water partition coefficient (Wildman–Crippen LogP) is 3.47. The maximum absolute atomic E-state index is 6.09. The molecule has 90 valence electrons. The van der Waals surface area contributed by atoms with Crippen molar-refractivity contribution in [2.45, 2.75) is 13.3 Å². The van der Waals surface area contributed by atoms with E-state index < -0.39 is 0 Å². The lowest BCUT2D eigenvalue weighted by molar-refractivity contribution is 1.10. The molecule has 2 heterocycles. The van der Waals surface area contributed by atoms with Gasteiger partial charge in [0.2, 0.25) is 5.28 Å². The van der Waals surface area contributed by atoms with Crippen LogP contribution < -0.4 is 0 Å². The van der Waals surface area contributed by atoms with Crippen molar-refractivity contribution in [2.24, 2.45) is 0 Å². The van der Waals surface area contributed by atoms with Crippen LogP contribution in [0.15, 0.2) is 24.5 Å². The van der Waals surface area contributed by atoms with Crippen LogP contribution in [0.2, 0.25) is 10.4 Å². The van der Waals surface area contributed by atoms with E-state index in [1.54, 1.807) is 12.4 Å². The van der Waals surface area contributed by atoms with Gasteiger partial charge in [0.1, 0.15) is 5.15 Å². The zero-order chi connectivity index (χ0) is 12.7. The average molecular weight is 278 g/mol. The molecule has 18 heavy (non-hydrogen) atoms. The van der Waals surface area contributed by atoms with Crippen molar-refractivity contribution in [3.63, 3.8) is 0 Å². The maximum atomic E-state index is 6.09. The number of aromatic nitrogens is 3. The van der Waals surface area contributed by atoms with Gasteiger partial charge in [0, 0.05) is 23.5 Å². The third-order valence-electron chi connectivity index (χ3n) is 3.00. The molecule has 0 bridgehead atoms. The Balaban J connectivity index is 2.17. The van der Waals surface area contributed by atoms with Gasteiger partial charge in [-0.2, -0.15) is 0 Å². The number of aryl methyl sites for hydroxylation is 1. The van der Waals surface area contributed by atoms with E-state index in [9.17, 15) is 0 Å². The van der Waals surface area contributed by atoms with Crippen LogP contribution in [0.1, 0.15) is 22.4 Å². The highest BCUT2D eigenvalue weighted by Crippen LogP contribution is 2.35. The normalized spacial score (nSPS) is 13.4. The standard InChI is InChI=1S/C13H9Cl2N3/c1-7-6-17-13(15)18-11(7)9-2-3-10-8(9)4-5-16-12(10)14/h2,4-6H,3H2,1H3. The molecule has 2 aromatic heterocycles. The van der Waals surface area contributed by atoms with Crippen LogP contribution in [0.5, 0.6) is 0 Å². The number of allylic oxidation sites excluding steroid dienone is 1. The van der Waals surface area contributed by atoms with Gasteiger partial charge in [-0.1, -0.05) is 17.7 Å². The Morgan fingerprint density at radius 3 is 2.89 bits per heavy atom. The van der Waals surface area contributed by atoms with E-state index >= 15 is 0 Å². The summed E-state index contributed by atoms with van der Waals surface area (Å²) in [6, 6.07) is 1.95. The van der Waals surface area contributed by atoms with E-state index in [1.807, 2.05) is 13.0 Å². The lowest BCUT2D eigenvalue weighted by Crippen LogP contribution is -1.97. The molecule has 5 heteroatoms. The minimum absolute atomic E-state index is 0.255. The first-order valence-electron chi connectivity index (χ1n) is 5.50. The van der Waals surface area contributed by atoms with Crippen molar-refractivity contribution < 1.29 is 0 Å². The van der Waals surface area contributed by atoms with Gasteiger partial charge in [-0.05, 0) is 42.1 Å². The molecule has 0 saturated heterocycles. The lowest BCUT2D eigenvalue weighted by atomic mass is 10.0. The molecule has 3 nitrogen and oxygen atoms in total. The Hall–Kier alpha value is -1.45. The molecule has 0 unspecified atom stereocenters. The van der Waals surface area contributed by atoms with Crippen molar-refractivity contribution in [3.8, 4) is 0 Å². The van der Waals surface area contributed by atoms with E-state index in [1.165, 1.54) is 0 Å². The zero-order valence-electron chi connectivity index (χ0n) is 9.61. The van der Waals surface area contributed by atoms with Crippen LogP contribution >= 0.6 is 23.2 Å². The summed E-state index contributed by atoms with van der Waals surface area (Å²) in [5.74, 6) is 0. The maximum Gasteiger partial charge on any atom is 0.222 e. The monoisotopic (exact) mass is 277 g/mol. The first-order chi connectivity index (χ1) is 8.66. The molecule has 0 atom stereocenters. The Morgan fingerprint density at radius 1 is 1.22 bits per heavy atom. The molecule has 3 rings (SSSR count). The predicted molar refractivity (Wildman–Crippen MR) is 71.8 cm³/mol. The molecule has 0 aliphatic heterocycles. The zero-order valence-corrected chi connectivity index (χ0v) is 11.1. The van der Waals surface area contributed by atoms with Gasteiger partial charge in [0.15, 0.2) is 0 Å². The summed E-state index contributed by atoms with van der Waals surface area (Å²) in [5, 5.41) is 0.807. The molecule has 0 fully saturated rings. The Bertz CT molecular complexity index is 665. The first kappa shape index (κ1) is 11.6. The number of fused-ring (bicyclic) bond motifs is 1. The molecular weight excluding hydrogens is 269 g/mol. The van der Waals surface area contributed by atoms with Gasteiger partial charge < -0.3 is 0 Å². The molecule has 1 aliphatic carbocycles. The minimum Gasteiger partial charge on any atom is -0.244 e. The summed E-state index contributed by atoms with van der Waals surface area (Å²) in [7, 11) is 0. The van der Waals surface area contributed by atoms with E-state index in [2.05, 4.69) is 21.0 Å². The second-order valence-electron chi connectivity index (χ2n) is 4.12. The van der Waals surface area contributed by atoms with E-state index in [0.717, 1.165) is 34.4 Å². The summed E-state index contributed by atoms with van der Waals surface area (Å²) in [6.45, 7) is 1.97. The summed E-state index contributed by atoms with van der Waals surface area (Å²) in [6.07, 6.45) is 6.31. The molecule has 0 saturated carbocycles. The number of rotatable bonds is 1. The van der Waals surface area contributed by atoms with Crippen LogP contribution in [-0.2, 0) is 6.42 Å². The fourth-order valence-electron chi connectivity index (χ4n) is 2.14. The fraction of sp³-hybridized carbons (Fsp3) is 0.154. The van der Waals surface area contributed by atoms with Crippen LogP contribution in [0.25, 0.3) is 5.57 Å². The number of pyridine rings is 1. The molecule has 0 aromatic carbocycles. The van der Waals surface area contributed by atoms with Crippen LogP contribution in [-0.4, -0.2) is 15.0 Å². The Morgan fingerprint density at radius 2 is 2.06 bits per heavy atom. The molecule has 0 spiro atoms. The Kier molecular flexibility index (Phi) is 2.80. The fourth-order valence-corrected chi connectivity index (χ4v) is 2.51. The average Bonchev–Trinajstić information content (AvgIpc) is 2.77. The van der Waals surface area contributed by atoms with Gasteiger partial charge >= 0.3 is 0 Å². The topological polar surface area (TPSA) is 38.7 Å². The van der Waals surface area contributed by atoms with Crippen molar-refractivity contribution in [2.75, 3.05) is 0 Å². The third kappa shape index (κ3) is 1.80. The second kappa shape index (κ2) is 4.34. The quantitative estimate of drug-likeness (QED) is 0.592. The van der Waals surface area contributed by atoms with E-state index in [-0.39, 0.29) is 5.28 Å². The van der Waals surface area contributed by atoms with Gasteiger partial charge in [-0.15, -0.1) is 0 Å². The number of nitrogens with zero attached hydrogens (tertiary/aromatic N) is 3. The van der Waals surface area contributed by atoms with Crippen molar-refractivity contribution >= 4 is 28.8 Å². The third-order valence-corrected chi connectivity index (χ3v) is 3.51. The number of hydrogen-bond donors (Lipinski definition) is 0. The SMILES string of the molecule is Cc1cnc(Cl)nc1C1=CCc2c1ccnc2Cl. The van der Waals surface area contributed by atoms with Crippen LogP contribution in [0, 0.1) is 6.92 Å². The molecule has 0 N–H and O–H groups in total. The Labute approximate surface area is 115 Å². The summed E-state index contributed by atoms with van der Waals surface area (Å²) in [5.41, 5.74) is 5.02. The highest BCUT2D eigenvalue weighted by Gasteiger charge is 2.21. The molecule has 1 aliphatic rings. The van der Waals surface area contributed by atoms with Gasteiger partial charge in [0.05, 0.1) is 5.69 Å². The lowest BCUT2D eigenvalue weighted by Gasteiger charge is -2.08. The molecular formula is C13H9Cl2N3. The van der Waals surface area contributed by atoms with Crippen LogP contribution in [0.3, 0.4) is 0 Å². The number of hydrogen-bond acceptors (Lipinski definition) is 3. The first-order valence-corrected chi connectivity index (χ1v) is 6.26. The van der Waals surface area contributed by atoms with Crippen LogP contribution in [0.4, 0.5) is 0 Å². The molecule has 0 radical (unpaired) electrons. The summed E-state index contributed by atoms with van der Waals surface area (Å²) in [4.78, 5) is 12.4. The summed E-state index contributed by atoms with van der Waals surface area (Å²) < 4.78 is 0. The van der Waals surface area contributed by atoms with Crippen molar-refractivity contribution in [1.29, 1.82) is 0 Å². The minimum atomic E-state index is 0.255. The summed E-state index contributed by atoms with van der Waals surface area (Å²) >= 11 is 12.0. The molecule has 0 amide bonds. The highest BCUT2D eigenvalue weighted by molar-refractivity contribution is 6.30.